The van der Waals surface area contributed by atoms with Crippen LogP contribution in [0.15, 0.2) is 22.7 Å². The predicted molar refractivity (Wildman–Crippen MR) is 83.9 cm³/mol. The molecule has 1 atom stereocenters. The summed E-state index contributed by atoms with van der Waals surface area (Å²) in [7, 11) is 0. The van der Waals surface area contributed by atoms with E-state index in [0.29, 0.717) is 0 Å². The third-order valence-corrected chi connectivity index (χ3v) is 4.42. The molecule has 0 aliphatic rings. The van der Waals surface area contributed by atoms with Gasteiger partial charge in [-0.25, -0.2) is 0 Å². The lowest BCUT2D eigenvalue weighted by atomic mass is 9.99. The Morgan fingerprint density at radius 2 is 2.06 bits per heavy atom. The van der Waals surface area contributed by atoms with Gasteiger partial charge >= 0.3 is 0 Å². The van der Waals surface area contributed by atoms with E-state index in [-0.39, 0.29) is 0 Å². The first-order chi connectivity index (χ1) is 8.67. The molecule has 1 aromatic carbocycles. The van der Waals surface area contributed by atoms with E-state index in [1.165, 1.54) is 41.3 Å². The van der Waals surface area contributed by atoms with Crippen LogP contribution in [0, 0.1) is 12.8 Å². The summed E-state index contributed by atoms with van der Waals surface area (Å²) >= 11 is 3.54. The highest BCUT2D eigenvalue weighted by atomic mass is 79.9. The summed E-state index contributed by atoms with van der Waals surface area (Å²) < 4.78 is 1.20. The number of rotatable bonds is 8. The van der Waals surface area contributed by atoms with Gasteiger partial charge in [-0.05, 0) is 43.0 Å². The fraction of sp³-hybridized carbons (Fsp3) is 0.625. The van der Waals surface area contributed by atoms with Gasteiger partial charge in [-0.3, -0.25) is 0 Å². The van der Waals surface area contributed by atoms with Gasteiger partial charge in [0.25, 0.3) is 0 Å². The minimum Gasteiger partial charge on any atom is -0.312 e. The largest absolute Gasteiger partial charge is 0.312 e. The molecule has 0 amide bonds. The van der Waals surface area contributed by atoms with Gasteiger partial charge in [0.1, 0.15) is 0 Å². The quantitative estimate of drug-likeness (QED) is 0.707. The summed E-state index contributed by atoms with van der Waals surface area (Å²) in [6.45, 7) is 8.84. The van der Waals surface area contributed by atoms with Gasteiger partial charge in [0, 0.05) is 11.0 Å². The molecule has 102 valence electrons. The zero-order valence-electron chi connectivity index (χ0n) is 11.9. The first kappa shape index (κ1) is 15.7. The van der Waals surface area contributed by atoms with Crippen molar-refractivity contribution < 1.29 is 0 Å². The summed E-state index contributed by atoms with van der Waals surface area (Å²) in [6, 6.07) is 6.59. The third kappa shape index (κ3) is 5.53. The topological polar surface area (TPSA) is 12.0 Å². The zero-order valence-corrected chi connectivity index (χ0v) is 13.5. The van der Waals surface area contributed by atoms with Crippen LogP contribution in [-0.2, 0) is 6.54 Å². The molecule has 1 rings (SSSR count). The van der Waals surface area contributed by atoms with E-state index >= 15 is 0 Å². The molecule has 0 aliphatic carbocycles. The van der Waals surface area contributed by atoms with Crippen molar-refractivity contribution in [3.8, 4) is 0 Å². The molecule has 0 aromatic heterocycles. The van der Waals surface area contributed by atoms with Crippen molar-refractivity contribution in [2.24, 2.45) is 5.92 Å². The van der Waals surface area contributed by atoms with Crippen molar-refractivity contribution in [2.75, 3.05) is 6.54 Å². The van der Waals surface area contributed by atoms with Crippen LogP contribution < -0.4 is 5.32 Å². The van der Waals surface area contributed by atoms with Crippen molar-refractivity contribution >= 4 is 15.9 Å². The van der Waals surface area contributed by atoms with Crippen LogP contribution in [0.3, 0.4) is 0 Å². The van der Waals surface area contributed by atoms with Gasteiger partial charge in [0.05, 0.1) is 0 Å². The number of nitrogens with one attached hydrogen (secondary N) is 1. The molecule has 0 saturated carbocycles. The second-order valence-corrected chi connectivity index (χ2v) is 5.99. The summed E-state index contributed by atoms with van der Waals surface area (Å²) in [5, 5.41) is 3.59. The number of halogens is 1. The standard InChI is InChI=1S/C16H26BrN/c1-4-6-7-14(5-2)11-18-12-15-8-9-16(17)13(3)10-15/h8-10,14,18H,4-7,11-12H2,1-3H3. The lowest BCUT2D eigenvalue weighted by molar-refractivity contribution is 0.419. The van der Waals surface area contributed by atoms with E-state index in [1.807, 2.05) is 0 Å². The maximum absolute atomic E-state index is 3.59. The molecule has 0 aliphatic heterocycles. The molecule has 0 heterocycles. The molecule has 0 bridgehead atoms. The van der Waals surface area contributed by atoms with Crippen LogP contribution >= 0.6 is 15.9 Å². The van der Waals surface area contributed by atoms with Gasteiger partial charge in [0.2, 0.25) is 0 Å². The Morgan fingerprint density at radius 1 is 1.28 bits per heavy atom. The van der Waals surface area contributed by atoms with Crippen LogP contribution in [-0.4, -0.2) is 6.54 Å². The van der Waals surface area contributed by atoms with E-state index in [1.54, 1.807) is 0 Å². The molecule has 0 saturated heterocycles. The molecular formula is C16H26BrN. The van der Waals surface area contributed by atoms with E-state index in [0.717, 1.165) is 19.0 Å². The molecule has 2 heteroatoms. The van der Waals surface area contributed by atoms with Gasteiger partial charge in [-0.2, -0.15) is 0 Å². The minimum absolute atomic E-state index is 0.835. The molecule has 0 radical (unpaired) electrons. The molecule has 1 unspecified atom stereocenters. The second kappa shape index (κ2) is 8.71. The molecule has 1 nitrogen and oxygen atoms in total. The minimum atomic E-state index is 0.835. The van der Waals surface area contributed by atoms with Crippen molar-refractivity contribution in [3.63, 3.8) is 0 Å². The first-order valence-electron chi connectivity index (χ1n) is 7.13. The Balaban J connectivity index is 2.33. The Hall–Kier alpha value is -0.340. The summed E-state index contributed by atoms with van der Waals surface area (Å²) in [5.41, 5.74) is 2.69. The van der Waals surface area contributed by atoms with E-state index in [2.05, 4.69) is 60.2 Å². The summed E-state index contributed by atoms with van der Waals surface area (Å²) in [5.74, 6) is 0.835. The first-order valence-corrected chi connectivity index (χ1v) is 7.92. The fourth-order valence-electron chi connectivity index (χ4n) is 2.18. The average molecular weight is 312 g/mol. The van der Waals surface area contributed by atoms with Gasteiger partial charge in [0.15, 0.2) is 0 Å². The van der Waals surface area contributed by atoms with Crippen molar-refractivity contribution in [1.82, 2.24) is 5.32 Å². The van der Waals surface area contributed by atoms with E-state index in [9.17, 15) is 0 Å². The Labute approximate surface area is 120 Å². The van der Waals surface area contributed by atoms with Crippen LogP contribution in [0.25, 0.3) is 0 Å². The molecule has 1 aromatic rings. The Morgan fingerprint density at radius 3 is 2.67 bits per heavy atom. The maximum atomic E-state index is 3.59. The van der Waals surface area contributed by atoms with Crippen molar-refractivity contribution in [1.29, 1.82) is 0 Å². The maximum Gasteiger partial charge on any atom is 0.0205 e. The monoisotopic (exact) mass is 311 g/mol. The predicted octanol–water partition coefficient (Wildman–Crippen LogP) is 5.06. The average Bonchev–Trinajstić information content (AvgIpc) is 2.37. The van der Waals surface area contributed by atoms with Gasteiger partial charge in [-0.1, -0.05) is 61.2 Å². The normalized spacial score (nSPS) is 12.7. The molecular weight excluding hydrogens is 286 g/mol. The number of aryl methyl sites for hydroxylation is 1. The number of hydrogen-bond donors (Lipinski definition) is 1. The second-order valence-electron chi connectivity index (χ2n) is 5.13. The van der Waals surface area contributed by atoms with Crippen LogP contribution in [0.2, 0.25) is 0 Å². The number of unbranched alkanes of at least 4 members (excludes halogenated alkanes) is 1. The highest BCUT2D eigenvalue weighted by Gasteiger charge is 2.05. The smallest absolute Gasteiger partial charge is 0.0205 e. The van der Waals surface area contributed by atoms with E-state index < -0.39 is 0 Å². The van der Waals surface area contributed by atoms with Gasteiger partial charge in [-0.15, -0.1) is 0 Å². The molecule has 0 fully saturated rings. The fourth-order valence-corrected chi connectivity index (χ4v) is 2.43. The Bertz CT molecular complexity index is 349. The van der Waals surface area contributed by atoms with Crippen molar-refractivity contribution in [3.05, 3.63) is 33.8 Å². The van der Waals surface area contributed by atoms with Crippen LogP contribution in [0.5, 0.6) is 0 Å². The van der Waals surface area contributed by atoms with Crippen LogP contribution in [0.4, 0.5) is 0 Å². The highest BCUT2D eigenvalue weighted by molar-refractivity contribution is 9.10. The third-order valence-electron chi connectivity index (χ3n) is 3.53. The summed E-state index contributed by atoms with van der Waals surface area (Å²) in [4.78, 5) is 0. The van der Waals surface area contributed by atoms with Crippen LogP contribution in [0.1, 0.15) is 50.7 Å². The lowest BCUT2D eigenvalue weighted by Gasteiger charge is -2.15. The highest BCUT2D eigenvalue weighted by Crippen LogP contribution is 2.17. The molecule has 1 N–H and O–H groups in total. The van der Waals surface area contributed by atoms with E-state index in [4.69, 9.17) is 0 Å². The van der Waals surface area contributed by atoms with Gasteiger partial charge < -0.3 is 5.32 Å². The summed E-state index contributed by atoms with van der Waals surface area (Å²) in [6.07, 6.45) is 5.31. The molecule has 18 heavy (non-hydrogen) atoms. The molecule has 0 spiro atoms. The number of benzene rings is 1. The zero-order chi connectivity index (χ0) is 13.4. The Kier molecular flexibility index (Phi) is 7.60. The lowest BCUT2D eigenvalue weighted by Crippen LogP contribution is -2.22. The SMILES string of the molecule is CCCCC(CC)CNCc1ccc(Br)c(C)c1. The van der Waals surface area contributed by atoms with Crippen molar-refractivity contribution in [2.45, 2.75) is 53.0 Å². The number of hydrogen-bond acceptors (Lipinski definition) is 1.